The number of carboxylic acids is 1. The van der Waals surface area contributed by atoms with E-state index in [0.717, 1.165) is 38.8 Å². The normalized spacial score (nSPS) is 18.0. The van der Waals surface area contributed by atoms with Crippen molar-refractivity contribution in [3.8, 4) is 0 Å². The largest absolute Gasteiger partial charge is 0.481 e. The zero-order valence-electron chi connectivity index (χ0n) is 13.0. The molecule has 2 amide bonds. The fourth-order valence-corrected chi connectivity index (χ4v) is 2.41. The summed E-state index contributed by atoms with van der Waals surface area (Å²) >= 11 is 0. The van der Waals surface area contributed by atoms with Crippen LogP contribution in [0.25, 0.3) is 0 Å². The summed E-state index contributed by atoms with van der Waals surface area (Å²) in [4.78, 5) is 24.2. The Hall–Kier alpha value is -1.30. The summed E-state index contributed by atoms with van der Waals surface area (Å²) in [6, 6.07) is -0.0404. The zero-order valence-corrected chi connectivity index (χ0v) is 13.0. The van der Waals surface area contributed by atoms with Crippen LogP contribution in [-0.2, 0) is 9.53 Å². The molecule has 0 aromatic carbocycles. The van der Waals surface area contributed by atoms with Gasteiger partial charge in [-0.3, -0.25) is 4.79 Å². The van der Waals surface area contributed by atoms with Gasteiger partial charge in [0.15, 0.2) is 0 Å². The summed E-state index contributed by atoms with van der Waals surface area (Å²) in [5.74, 6) is -0.440. The van der Waals surface area contributed by atoms with E-state index in [4.69, 9.17) is 9.84 Å². The molecule has 6 nitrogen and oxygen atoms in total. The quantitative estimate of drug-likeness (QED) is 0.606. The van der Waals surface area contributed by atoms with Crippen molar-refractivity contribution in [1.29, 1.82) is 0 Å². The van der Waals surface area contributed by atoms with Gasteiger partial charge in [0, 0.05) is 39.3 Å². The third kappa shape index (κ3) is 7.90. The predicted molar refractivity (Wildman–Crippen MR) is 80.3 cm³/mol. The average Bonchev–Trinajstić information content (AvgIpc) is 2.93. The number of urea groups is 1. The number of likely N-dealkylation sites (tertiary alicyclic amines) is 1. The highest BCUT2D eigenvalue weighted by atomic mass is 16.5. The van der Waals surface area contributed by atoms with Crippen LogP contribution in [0.15, 0.2) is 0 Å². The lowest BCUT2D eigenvalue weighted by Crippen LogP contribution is -2.39. The van der Waals surface area contributed by atoms with Gasteiger partial charge in [-0.15, -0.1) is 0 Å². The van der Waals surface area contributed by atoms with Crippen LogP contribution in [0.2, 0.25) is 0 Å². The van der Waals surface area contributed by atoms with Crippen molar-refractivity contribution in [2.45, 2.75) is 45.4 Å². The Morgan fingerprint density at radius 3 is 2.81 bits per heavy atom. The predicted octanol–water partition coefficient (Wildman–Crippen LogP) is 2.09. The Morgan fingerprint density at radius 2 is 2.10 bits per heavy atom. The lowest BCUT2D eigenvalue weighted by molar-refractivity contribution is -0.137. The molecule has 122 valence electrons. The molecule has 0 radical (unpaired) electrons. The molecule has 6 heteroatoms. The molecule has 1 fully saturated rings. The fourth-order valence-electron chi connectivity index (χ4n) is 2.41. The molecule has 0 aliphatic carbocycles. The Morgan fingerprint density at radius 1 is 1.33 bits per heavy atom. The van der Waals surface area contributed by atoms with Crippen LogP contribution in [-0.4, -0.2) is 54.9 Å². The number of hydrogen-bond acceptors (Lipinski definition) is 3. The highest BCUT2D eigenvalue weighted by Gasteiger charge is 2.26. The molecule has 21 heavy (non-hydrogen) atoms. The van der Waals surface area contributed by atoms with Crippen molar-refractivity contribution >= 4 is 12.0 Å². The van der Waals surface area contributed by atoms with E-state index in [2.05, 4.69) is 12.2 Å². The van der Waals surface area contributed by atoms with Gasteiger partial charge in [0.2, 0.25) is 0 Å². The maximum Gasteiger partial charge on any atom is 0.317 e. The molecule has 1 aliphatic heterocycles. The number of carboxylic acid groups (broad SMARTS) is 1. The van der Waals surface area contributed by atoms with Crippen LogP contribution in [0, 0.1) is 5.92 Å². The van der Waals surface area contributed by atoms with Crippen LogP contribution in [0.1, 0.15) is 45.4 Å². The highest BCUT2D eigenvalue weighted by molar-refractivity contribution is 5.74. The van der Waals surface area contributed by atoms with Crippen LogP contribution in [0.4, 0.5) is 4.79 Å². The summed E-state index contributed by atoms with van der Waals surface area (Å²) < 4.78 is 5.43. The first kappa shape index (κ1) is 17.8. The Balaban J connectivity index is 2.04. The molecule has 0 spiro atoms. The molecular weight excluding hydrogens is 272 g/mol. The second-order valence-corrected chi connectivity index (χ2v) is 5.58. The average molecular weight is 300 g/mol. The van der Waals surface area contributed by atoms with Crippen LogP contribution >= 0.6 is 0 Å². The third-order valence-corrected chi connectivity index (χ3v) is 3.72. The van der Waals surface area contributed by atoms with Crippen LogP contribution < -0.4 is 5.32 Å². The fraction of sp³-hybridized carbons (Fsp3) is 0.867. The minimum Gasteiger partial charge on any atom is -0.481 e. The SMILES string of the molecule is CCCCOCCCNC(=O)N1CCC(CCC(=O)O)C1. The van der Waals surface area contributed by atoms with E-state index in [1.54, 1.807) is 4.90 Å². The number of carbonyl (C=O) groups excluding carboxylic acids is 1. The van der Waals surface area contributed by atoms with E-state index in [1.165, 1.54) is 0 Å². The summed E-state index contributed by atoms with van der Waals surface area (Å²) in [6.07, 6.45) is 4.79. The van der Waals surface area contributed by atoms with Gasteiger partial charge in [-0.1, -0.05) is 13.3 Å². The third-order valence-electron chi connectivity index (χ3n) is 3.72. The van der Waals surface area contributed by atoms with Gasteiger partial charge in [-0.2, -0.15) is 0 Å². The van der Waals surface area contributed by atoms with Gasteiger partial charge < -0.3 is 20.1 Å². The number of aliphatic carboxylic acids is 1. The van der Waals surface area contributed by atoms with Crippen molar-refractivity contribution in [2.24, 2.45) is 5.92 Å². The molecule has 1 atom stereocenters. The standard InChI is InChI=1S/C15H28N2O4/c1-2-3-10-21-11-4-8-16-15(20)17-9-7-13(12-17)5-6-14(18)19/h13H,2-12H2,1H3,(H,16,20)(H,18,19). The number of nitrogens with one attached hydrogen (secondary N) is 1. The molecule has 2 N–H and O–H groups in total. The second-order valence-electron chi connectivity index (χ2n) is 5.58. The summed E-state index contributed by atoms with van der Waals surface area (Å²) in [7, 11) is 0. The van der Waals surface area contributed by atoms with Crippen LogP contribution in [0.3, 0.4) is 0 Å². The summed E-state index contributed by atoms with van der Waals surface area (Å²) in [6.45, 7) is 5.63. The van der Waals surface area contributed by atoms with E-state index in [1.807, 2.05) is 0 Å². The van der Waals surface area contributed by atoms with E-state index < -0.39 is 5.97 Å². The van der Waals surface area contributed by atoms with Gasteiger partial charge in [0.25, 0.3) is 0 Å². The van der Waals surface area contributed by atoms with Crippen LogP contribution in [0.5, 0.6) is 0 Å². The van der Waals surface area contributed by atoms with Crippen molar-refractivity contribution < 1.29 is 19.4 Å². The maximum atomic E-state index is 11.9. The van der Waals surface area contributed by atoms with Crippen molar-refractivity contribution in [2.75, 3.05) is 32.8 Å². The molecule has 1 saturated heterocycles. The first-order valence-electron chi connectivity index (χ1n) is 7.95. The minimum atomic E-state index is -0.763. The molecule has 1 heterocycles. The van der Waals surface area contributed by atoms with Crippen molar-refractivity contribution in [3.05, 3.63) is 0 Å². The second kappa shape index (κ2) is 10.4. The highest BCUT2D eigenvalue weighted by Crippen LogP contribution is 2.20. The molecule has 0 aromatic heterocycles. The van der Waals surface area contributed by atoms with Gasteiger partial charge in [0.1, 0.15) is 0 Å². The monoisotopic (exact) mass is 300 g/mol. The van der Waals surface area contributed by atoms with Gasteiger partial charge in [0.05, 0.1) is 0 Å². The molecule has 1 rings (SSSR count). The van der Waals surface area contributed by atoms with E-state index >= 15 is 0 Å². The molecule has 1 unspecified atom stereocenters. The lowest BCUT2D eigenvalue weighted by Gasteiger charge is -2.17. The summed E-state index contributed by atoms with van der Waals surface area (Å²) in [5, 5.41) is 11.6. The molecule has 0 saturated carbocycles. The number of unbranched alkanes of at least 4 members (excludes halogenated alkanes) is 1. The molecule has 0 bridgehead atoms. The van der Waals surface area contributed by atoms with Gasteiger partial charge in [-0.25, -0.2) is 4.79 Å². The Kier molecular flexibility index (Phi) is 8.82. The van der Waals surface area contributed by atoms with E-state index in [-0.39, 0.29) is 12.5 Å². The smallest absolute Gasteiger partial charge is 0.317 e. The number of amides is 2. The molecule has 1 aliphatic rings. The van der Waals surface area contributed by atoms with E-state index in [0.29, 0.717) is 32.0 Å². The number of nitrogens with zero attached hydrogens (tertiary/aromatic N) is 1. The molecular formula is C15H28N2O4. The Labute approximate surface area is 126 Å². The zero-order chi connectivity index (χ0) is 15.5. The first-order valence-corrected chi connectivity index (χ1v) is 7.95. The van der Waals surface area contributed by atoms with Crippen molar-refractivity contribution in [1.82, 2.24) is 10.2 Å². The lowest BCUT2D eigenvalue weighted by atomic mass is 10.0. The summed E-state index contributed by atoms with van der Waals surface area (Å²) in [5.41, 5.74) is 0. The number of rotatable bonds is 10. The number of carbonyl (C=O) groups is 2. The number of hydrogen-bond donors (Lipinski definition) is 2. The van der Waals surface area contributed by atoms with Gasteiger partial charge in [-0.05, 0) is 31.6 Å². The maximum absolute atomic E-state index is 11.9. The number of ether oxygens (including phenoxy) is 1. The minimum absolute atomic E-state index is 0.0404. The topological polar surface area (TPSA) is 78.9 Å². The molecule has 0 aromatic rings. The van der Waals surface area contributed by atoms with Crippen molar-refractivity contribution in [3.63, 3.8) is 0 Å². The Bertz CT molecular complexity index is 323. The van der Waals surface area contributed by atoms with Gasteiger partial charge >= 0.3 is 12.0 Å². The van der Waals surface area contributed by atoms with E-state index in [9.17, 15) is 9.59 Å². The first-order chi connectivity index (χ1) is 10.1.